The summed E-state index contributed by atoms with van der Waals surface area (Å²) < 4.78 is 25.0. The van der Waals surface area contributed by atoms with E-state index in [1.807, 2.05) is 0 Å². The van der Waals surface area contributed by atoms with Gasteiger partial charge in [0.1, 0.15) is 0 Å². The maximum Gasteiger partial charge on any atom is 0.248 e. The molecule has 0 atom stereocenters. The highest BCUT2D eigenvalue weighted by atomic mass is 19.3. The molecule has 1 fully saturated rings. The van der Waals surface area contributed by atoms with Crippen molar-refractivity contribution in [2.24, 2.45) is 11.1 Å². The van der Waals surface area contributed by atoms with Crippen molar-refractivity contribution < 1.29 is 14.0 Å². The van der Waals surface area contributed by atoms with Gasteiger partial charge in [0, 0.05) is 19.1 Å². The lowest BCUT2D eigenvalue weighted by molar-refractivity contribution is -0.0391. The highest BCUT2D eigenvalue weighted by Gasteiger charge is 2.34. The summed E-state index contributed by atoms with van der Waals surface area (Å²) in [6.45, 7) is 0. The topological polar surface area (TPSA) is 32.6 Å². The van der Waals surface area contributed by atoms with E-state index in [2.05, 4.69) is 5.16 Å². The van der Waals surface area contributed by atoms with Crippen LogP contribution in [0.2, 0.25) is 0 Å². The molecule has 0 aliphatic heterocycles. The van der Waals surface area contributed by atoms with Crippen LogP contribution >= 0.6 is 0 Å². The van der Waals surface area contributed by atoms with Crippen molar-refractivity contribution in [2.75, 3.05) is 0 Å². The van der Waals surface area contributed by atoms with Crippen molar-refractivity contribution in [2.45, 2.75) is 31.6 Å². The van der Waals surface area contributed by atoms with Crippen LogP contribution in [0.25, 0.3) is 0 Å². The van der Waals surface area contributed by atoms with Crippen LogP contribution in [0.5, 0.6) is 0 Å². The molecule has 1 rings (SSSR count). The molecule has 0 spiro atoms. The molecular formula is C7H11F2NO. The molecule has 1 saturated carbocycles. The van der Waals surface area contributed by atoms with Crippen LogP contribution in [0.15, 0.2) is 5.16 Å². The van der Waals surface area contributed by atoms with Crippen LogP contribution in [-0.2, 0) is 0 Å². The van der Waals surface area contributed by atoms with Gasteiger partial charge in [0.2, 0.25) is 5.92 Å². The zero-order chi connectivity index (χ0) is 8.32. The van der Waals surface area contributed by atoms with Gasteiger partial charge in [0.25, 0.3) is 0 Å². The van der Waals surface area contributed by atoms with E-state index in [9.17, 15) is 8.78 Å². The number of hydrogen-bond donors (Lipinski definition) is 1. The molecule has 0 heterocycles. The molecule has 0 radical (unpaired) electrons. The summed E-state index contributed by atoms with van der Waals surface area (Å²) in [5, 5.41) is 11.0. The quantitative estimate of drug-likeness (QED) is 0.359. The smallest absolute Gasteiger partial charge is 0.248 e. The monoisotopic (exact) mass is 163 g/mol. The van der Waals surface area contributed by atoms with E-state index in [0.717, 1.165) is 0 Å². The fourth-order valence-corrected chi connectivity index (χ4v) is 1.31. The predicted molar refractivity (Wildman–Crippen MR) is 37.2 cm³/mol. The van der Waals surface area contributed by atoms with Crippen molar-refractivity contribution in [1.29, 1.82) is 0 Å². The third-order valence-electron chi connectivity index (χ3n) is 2.04. The number of alkyl halides is 2. The van der Waals surface area contributed by atoms with Gasteiger partial charge in [-0.15, -0.1) is 5.16 Å². The maximum absolute atomic E-state index is 12.5. The molecule has 4 heteroatoms. The van der Waals surface area contributed by atoms with Gasteiger partial charge < -0.3 is 5.21 Å². The second-order valence-corrected chi connectivity index (χ2v) is 2.96. The molecule has 2 nitrogen and oxygen atoms in total. The first-order valence-electron chi connectivity index (χ1n) is 3.69. The van der Waals surface area contributed by atoms with E-state index < -0.39 is 5.92 Å². The first kappa shape index (κ1) is 8.43. The van der Waals surface area contributed by atoms with Gasteiger partial charge in [0.05, 0.1) is 0 Å². The number of hydrogen-bond acceptors (Lipinski definition) is 2. The van der Waals surface area contributed by atoms with Crippen LogP contribution in [0, 0.1) is 5.92 Å². The number of rotatable bonds is 1. The van der Waals surface area contributed by atoms with Crippen LogP contribution in [0.3, 0.4) is 0 Å². The summed E-state index contributed by atoms with van der Waals surface area (Å²) in [4.78, 5) is 0. The number of oxime groups is 1. The van der Waals surface area contributed by atoms with Crippen molar-refractivity contribution in [1.82, 2.24) is 0 Å². The molecule has 0 aromatic carbocycles. The Hall–Kier alpha value is -0.670. The summed E-state index contributed by atoms with van der Waals surface area (Å²) in [7, 11) is 0. The van der Waals surface area contributed by atoms with Gasteiger partial charge >= 0.3 is 0 Å². The largest absolute Gasteiger partial charge is 0.411 e. The van der Waals surface area contributed by atoms with Crippen LogP contribution in [0.4, 0.5) is 8.78 Å². The first-order valence-corrected chi connectivity index (χ1v) is 3.69. The Bertz CT molecular complexity index is 149. The van der Waals surface area contributed by atoms with E-state index in [-0.39, 0.29) is 18.8 Å². The zero-order valence-electron chi connectivity index (χ0n) is 6.13. The van der Waals surface area contributed by atoms with Crippen molar-refractivity contribution in [3.8, 4) is 0 Å². The fourth-order valence-electron chi connectivity index (χ4n) is 1.31. The summed E-state index contributed by atoms with van der Waals surface area (Å²) in [6.07, 6.45) is 2.04. The molecule has 1 aliphatic rings. The normalized spacial score (nSPS) is 26.0. The molecule has 0 aromatic rings. The molecule has 0 saturated heterocycles. The third-order valence-corrected chi connectivity index (χ3v) is 2.04. The summed E-state index contributed by atoms with van der Waals surface area (Å²) in [6, 6.07) is 0. The van der Waals surface area contributed by atoms with Gasteiger partial charge in [-0.3, -0.25) is 0 Å². The molecule has 0 unspecified atom stereocenters. The average molecular weight is 163 g/mol. The van der Waals surface area contributed by atoms with Gasteiger partial charge in [-0.25, -0.2) is 8.78 Å². The Labute approximate surface area is 63.9 Å². The van der Waals surface area contributed by atoms with E-state index in [1.54, 1.807) is 0 Å². The lowest BCUT2D eigenvalue weighted by Gasteiger charge is -2.25. The second-order valence-electron chi connectivity index (χ2n) is 2.96. The molecule has 11 heavy (non-hydrogen) atoms. The van der Waals surface area contributed by atoms with E-state index >= 15 is 0 Å². The molecular weight excluding hydrogens is 152 g/mol. The zero-order valence-corrected chi connectivity index (χ0v) is 6.13. The van der Waals surface area contributed by atoms with E-state index in [0.29, 0.717) is 12.8 Å². The fraction of sp³-hybridized carbons (Fsp3) is 0.857. The molecule has 64 valence electrons. The average Bonchev–Trinajstić information content (AvgIpc) is 1.94. The maximum atomic E-state index is 12.5. The summed E-state index contributed by atoms with van der Waals surface area (Å²) >= 11 is 0. The van der Waals surface area contributed by atoms with Crippen molar-refractivity contribution in [3.05, 3.63) is 0 Å². The lowest BCUT2D eigenvalue weighted by atomic mass is 9.88. The Morgan fingerprint density at radius 2 is 1.91 bits per heavy atom. The van der Waals surface area contributed by atoms with Crippen molar-refractivity contribution in [3.63, 3.8) is 0 Å². The van der Waals surface area contributed by atoms with Crippen molar-refractivity contribution >= 4 is 6.21 Å². The SMILES string of the molecule is O/N=C\C1CCC(F)(F)CC1. The van der Waals surface area contributed by atoms with Gasteiger partial charge in [-0.05, 0) is 18.8 Å². The standard InChI is InChI=1S/C7H11F2NO/c8-7(9)3-1-6(2-4-7)5-10-11/h5-6,11H,1-4H2/b10-5-. The minimum absolute atomic E-state index is 0.0413. The summed E-state index contributed by atoms with van der Waals surface area (Å²) in [5.74, 6) is -2.44. The van der Waals surface area contributed by atoms with E-state index in [1.165, 1.54) is 6.21 Å². The molecule has 1 N–H and O–H groups in total. The second kappa shape index (κ2) is 3.15. The molecule has 0 bridgehead atoms. The molecule has 0 aromatic heterocycles. The highest BCUT2D eigenvalue weighted by Crippen LogP contribution is 2.35. The van der Waals surface area contributed by atoms with Crippen LogP contribution in [0.1, 0.15) is 25.7 Å². The minimum atomic E-state index is -2.49. The number of nitrogens with zero attached hydrogens (tertiary/aromatic N) is 1. The number of halogens is 2. The minimum Gasteiger partial charge on any atom is -0.411 e. The Balaban J connectivity index is 2.36. The molecule has 0 amide bonds. The molecule has 1 aliphatic carbocycles. The van der Waals surface area contributed by atoms with Crippen LogP contribution < -0.4 is 0 Å². The first-order chi connectivity index (χ1) is 5.14. The summed E-state index contributed by atoms with van der Waals surface area (Å²) in [5.41, 5.74) is 0. The van der Waals surface area contributed by atoms with Gasteiger partial charge in [0.15, 0.2) is 0 Å². The van der Waals surface area contributed by atoms with Gasteiger partial charge in [-0.2, -0.15) is 0 Å². The van der Waals surface area contributed by atoms with Gasteiger partial charge in [-0.1, -0.05) is 0 Å². The predicted octanol–water partition coefficient (Wildman–Crippen LogP) is 2.27. The highest BCUT2D eigenvalue weighted by molar-refractivity contribution is 5.59. The Kier molecular flexibility index (Phi) is 2.42. The lowest BCUT2D eigenvalue weighted by Crippen LogP contribution is -2.25. The Morgan fingerprint density at radius 3 is 2.36 bits per heavy atom. The van der Waals surface area contributed by atoms with Crippen LogP contribution in [-0.4, -0.2) is 17.3 Å². The van der Waals surface area contributed by atoms with E-state index in [4.69, 9.17) is 5.21 Å². The third kappa shape index (κ3) is 2.44. The Morgan fingerprint density at radius 1 is 1.36 bits per heavy atom.